The molecule has 2 aromatic heterocycles. The Labute approximate surface area is 95.0 Å². The summed E-state index contributed by atoms with van der Waals surface area (Å²) in [5, 5.41) is 8.75. The zero-order chi connectivity index (χ0) is 11.1. The number of aromatic nitrogens is 3. The molecule has 0 saturated carbocycles. The molecule has 2 aromatic rings. The van der Waals surface area contributed by atoms with Crippen LogP contribution >= 0.6 is 11.8 Å². The Bertz CT molecular complexity index is 560. The third kappa shape index (κ3) is 1.32. The van der Waals surface area contributed by atoms with E-state index in [0.717, 1.165) is 11.3 Å². The van der Waals surface area contributed by atoms with E-state index in [0.29, 0.717) is 16.7 Å². The van der Waals surface area contributed by atoms with Gasteiger partial charge >= 0.3 is 0 Å². The number of carbonyl (C=O) groups is 1. The fourth-order valence-electron chi connectivity index (χ4n) is 1.54. The van der Waals surface area contributed by atoms with Crippen molar-refractivity contribution in [3.63, 3.8) is 0 Å². The average Bonchev–Trinajstić information content (AvgIpc) is 2.83. The Morgan fingerprint density at radius 2 is 2.44 bits per heavy atom. The molecule has 1 amide bonds. The van der Waals surface area contributed by atoms with E-state index in [1.165, 1.54) is 11.8 Å². The second-order valence-corrected chi connectivity index (χ2v) is 4.30. The van der Waals surface area contributed by atoms with Gasteiger partial charge in [-0.3, -0.25) is 10.2 Å². The fraction of sp³-hybridized carbons (Fsp3) is 0.222. The van der Waals surface area contributed by atoms with Gasteiger partial charge in [0.05, 0.1) is 17.6 Å². The minimum absolute atomic E-state index is 0.0558. The van der Waals surface area contributed by atoms with Crippen LogP contribution < -0.4 is 5.43 Å². The highest BCUT2D eigenvalue weighted by atomic mass is 32.2. The normalized spacial score (nSPS) is 14.7. The van der Waals surface area contributed by atoms with Gasteiger partial charge in [-0.1, -0.05) is 11.8 Å². The lowest BCUT2D eigenvalue weighted by Gasteiger charge is -2.14. The summed E-state index contributed by atoms with van der Waals surface area (Å²) in [5.74, 6) is 1.67. The molecule has 0 aromatic carbocycles. The van der Waals surface area contributed by atoms with Gasteiger partial charge in [0.15, 0.2) is 5.82 Å². The highest BCUT2D eigenvalue weighted by Crippen LogP contribution is 2.27. The van der Waals surface area contributed by atoms with Crippen molar-refractivity contribution in [2.45, 2.75) is 12.1 Å². The molecule has 0 atom stereocenters. The number of rotatable bonds is 1. The number of hydrogen-bond acceptors (Lipinski definition) is 5. The molecular formula is C9H8N4O2S. The quantitative estimate of drug-likeness (QED) is 0.800. The summed E-state index contributed by atoms with van der Waals surface area (Å²) in [6.07, 6.45) is 1.59. The lowest BCUT2D eigenvalue weighted by molar-refractivity contribution is -0.114. The topological polar surface area (TPSA) is 73.0 Å². The lowest BCUT2D eigenvalue weighted by atomic mass is 10.2. The number of furan rings is 1. The molecule has 3 heterocycles. The van der Waals surface area contributed by atoms with Gasteiger partial charge < -0.3 is 4.42 Å². The van der Waals surface area contributed by atoms with Gasteiger partial charge in [0.25, 0.3) is 0 Å². The molecular weight excluding hydrogens is 228 g/mol. The summed E-state index contributed by atoms with van der Waals surface area (Å²) in [6.45, 7) is 1.84. The second kappa shape index (κ2) is 3.38. The third-order valence-corrected chi connectivity index (χ3v) is 3.23. The molecule has 0 unspecified atom stereocenters. The summed E-state index contributed by atoms with van der Waals surface area (Å²) >= 11 is 1.37. The van der Waals surface area contributed by atoms with E-state index in [9.17, 15) is 4.79 Å². The predicted octanol–water partition coefficient (Wildman–Crippen LogP) is 1.02. The van der Waals surface area contributed by atoms with Gasteiger partial charge in [0.2, 0.25) is 11.1 Å². The van der Waals surface area contributed by atoms with E-state index >= 15 is 0 Å². The summed E-state index contributed by atoms with van der Waals surface area (Å²) < 4.78 is 6.80. The smallest absolute Gasteiger partial charge is 0.249 e. The number of nitrogens with one attached hydrogen (secondary N) is 1. The van der Waals surface area contributed by atoms with E-state index in [2.05, 4.69) is 15.6 Å². The third-order valence-electron chi connectivity index (χ3n) is 2.30. The monoisotopic (exact) mass is 236 g/mol. The van der Waals surface area contributed by atoms with Gasteiger partial charge in [-0.15, -0.1) is 10.2 Å². The number of amides is 1. The largest absolute Gasteiger partial charge is 0.469 e. The zero-order valence-corrected chi connectivity index (χ0v) is 9.24. The second-order valence-electron chi connectivity index (χ2n) is 3.36. The molecule has 0 fully saturated rings. The van der Waals surface area contributed by atoms with Crippen molar-refractivity contribution in [1.82, 2.24) is 14.9 Å². The summed E-state index contributed by atoms with van der Waals surface area (Å²) in [7, 11) is 0. The van der Waals surface area contributed by atoms with E-state index in [1.54, 1.807) is 17.0 Å². The maximum absolute atomic E-state index is 11.3. The first-order chi connectivity index (χ1) is 7.75. The molecule has 0 saturated heterocycles. The van der Waals surface area contributed by atoms with Crippen molar-refractivity contribution < 1.29 is 9.21 Å². The lowest BCUT2D eigenvalue weighted by Crippen LogP contribution is -2.29. The Balaban J connectivity index is 2.13. The van der Waals surface area contributed by atoms with Crippen LogP contribution in [0, 0.1) is 6.92 Å². The highest BCUT2D eigenvalue weighted by Gasteiger charge is 2.23. The van der Waals surface area contributed by atoms with Crippen LogP contribution in [0.5, 0.6) is 0 Å². The predicted molar refractivity (Wildman–Crippen MR) is 57.6 cm³/mol. The van der Waals surface area contributed by atoms with Gasteiger partial charge in [0.1, 0.15) is 5.76 Å². The number of fused-ring (bicyclic) bond motifs is 1. The number of hydrogen-bond donors (Lipinski definition) is 1. The Hall–Kier alpha value is -1.76. The van der Waals surface area contributed by atoms with Crippen molar-refractivity contribution in [1.29, 1.82) is 0 Å². The standard InChI is InChI=1S/C9H8N4O2S/c1-5-6(2-3-15-5)8-10-11-9-13(8)12-7(14)4-16-9/h2-3H,4H2,1H3,(H,12,14). The summed E-state index contributed by atoms with van der Waals surface area (Å²) in [4.78, 5) is 11.3. The fourth-order valence-corrected chi connectivity index (χ4v) is 2.23. The average molecular weight is 236 g/mol. The first-order valence-electron chi connectivity index (χ1n) is 4.68. The maximum atomic E-state index is 11.3. The molecule has 1 N–H and O–H groups in total. The van der Waals surface area contributed by atoms with E-state index in [-0.39, 0.29) is 5.91 Å². The van der Waals surface area contributed by atoms with Crippen LogP contribution in [-0.2, 0) is 4.79 Å². The van der Waals surface area contributed by atoms with Crippen molar-refractivity contribution in [3.8, 4) is 11.4 Å². The van der Waals surface area contributed by atoms with Gasteiger partial charge in [0, 0.05) is 0 Å². The van der Waals surface area contributed by atoms with Crippen LogP contribution in [-0.4, -0.2) is 26.5 Å². The molecule has 1 aliphatic rings. The first kappa shape index (κ1) is 9.46. The molecule has 16 heavy (non-hydrogen) atoms. The number of nitrogens with zero attached hydrogens (tertiary/aromatic N) is 3. The Morgan fingerprint density at radius 1 is 1.56 bits per heavy atom. The van der Waals surface area contributed by atoms with Crippen molar-refractivity contribution in [2.75, 3.05) is 11.2 Å². The number of thioether (sulfide) groups is 1. The van der Waals surface area contributed by atoms with Crippen LogP contribution in [0.1, 0.15) is 5.76 Å². The van der Waals surface area contributed by atoms with Crippen LogP contribution in [0.2, 0.25) is 0 Å². The van der Waals surface area contributed by atoms with Crippen molar-refractivity contribution in [2.24, 2.45) is 0 Å². The molecule has 7 heteroatoms. The molecule has 6 nitrogen and oxygen atoms in total. The summed E-state index contributed by atoms with van der Waals surface area (Å²) in [6, 6.07) is 1.80. The minimum atomic E-state index is -0.0558. The zero-order valence-electron chi connectivity index (χ0n) is 8.43. The van der Waals surface area contributed by atoms with Gasteiger partial charge in [-0.2, -0.15) is 0 Å². The molecule has 0 aliphatic carbocycles. The molecule has 1 aliphatic heterocycles. The highest BCUT2D eigenvalue weighted by molar-refractivity contribution is 7.99. The summed E-state index contributed by atoms with van der Waals surface area (Å²) in [5.41, 5.74) is 3.55. The van der Waals surface area contributed by atoms with Crippen LogP contribution in [0.15, 0.2) is 21.9 Å². The van der Waals surface area contributed by atoms with Crippen molar-refractivity contribution >= 4 is 17.7 Å². The Kier molecular flexibility index (Phi) is 2.00. The molecule has 0 bridgehead atoms. The van der Waals surface area contributed by atoms with E-state index in [1.807, 2.05) is 6.92 Å². The van der Waals surface area contributed by atoms with E-state index < -0.39 is 0 Å². The SMILES string of the molecule is Cc1occc1-c1nnc2n1NC(=O)CS2. The molecule has 82 valence electrons. The molecule has 0 radical (unpaired) electrons. The number of aryl methyl sites for hydroxylation is 1. The van der Waals surface area contributed by atoms with Gasteiger partial charge in [-0.05, 0) is 13.0 Å². The van der Waals surface area contributed by atoms with E-state index in [4.69, 9.17) is 4.42 Å². The maximum Gasteiger partial charge on any atom is 0.249 e. The minimum Gasteiger partial charge on any atom is -0.469 e. The number of carbonyl (C=O) groups excluding carboxylic acids is 1. The molecule has 0 spiro atoms. The molecule has 3 rings (SSSR count). The van der Waals surface area contributed by atoms with Crippen molar-refractivity contribution in [3.05, 3.63) is 18.1 Å². The van der Waals surface area contributed by atoms with Crippen LogP contribution in [0.25, 0.3) is 11.4 Å². The van der Waals surface area contributed by atoms with Gasteiger partial charge in [-0.25, -0.2) is 4.68 Å². The van der Waals surface area contributed by atoms with Crippen LogP contribution in [0.4, 0.5) is 0 Å². The van der Waals surface area contributed by atoms with Crippen LogP contribution in [0.3, 0.4) is 0 Å². The first-order valence-corrected chi connectivity index (χ1v) is 5.67. The Morgan fingerprint density at radius 3 is 3.19 bits per heavy atom.